The molecule has 0 bridgehead atoms. The van der Waals surface area contributed by atoms with Crippen molar-refractivity contribution in [2.24, 2.45) is 0 Å². The van der Waals surface area contributed by atoms with Gasteiger partial charge in [-0.15, -0.1) is 11.3 Å². The first-order valence-corrected chi connectivity index (χ1v) is 8.04. The largest absolute Gasteiger partial charge is 0.486 e. The Hall–Kier alpha value is -1.86. The molecule has 1 aliphatic rings. The van der Waals surface area contributed by atoms with Gasteiger partial charge in [-0.05, 0) is 49.9 Å². The zero-order chi connectivity index (χ0) is 14.8. The molecule has 21 heavy (non-hydrogen) atoms. The highest BCUT2D eigenvalue weighted by Crippen LogP contribution is 2.42. The van der Waals surface area contributed by atoms with Gasteiger partial charge in [-0.3, -0.25) is 0 Å². The molecule has 1 fully saturated rings. The molecule has 108 valence electrons. The quantitative estimate of drug-likeness (QED) is 0.827. The van der Waals surface area contributed by atoms with Gasteiger partial charge in [-0.2, -0.15) is 5.26 Å². The molecule has 0 saturated heterocycles. The van der Waals surface area contributed by atoms with Crippen LogP contribution in [0.2, 0.25) is 0 Å². The van der Waals surface area contributed by atoms with Crippen LogP contribution in [0.3, 0.4) is 0 Å². The molecule has 3 rings (SSSR count). The summed E-state index contributed by atoms with van der Waals surface area (Å²) in [6.45, 7) is 4.62. The molecule has 0 spiro atoms. The predicted molar refractivity (Wildman–Crippen MR) is 83.7 cm³/mol. The van der Waals surface area contributed by atoms with Crippen molar-refractivity contribution in [1.29, 1.82) is 5.26 Å². The molecule has 1 heterocycles. The number of nitriles is 1. The van der Waals surface area contributed by atoms with E-state index in [0.29, 0.717) is 18.9 Å². The third-order valence-electron chi connectivity index (χ3n) is 3.53. The molecular formula is C17H18N2OS. The number of benzene rings is 1. The Labute approximate surface area is 129 Å². The van der Waals surface area contributed by atoms with E-state index in [4.69, 9.17) is 15.0 Å². The van der Waals surface area contributed by atoms with Crippen molar-refractivity contribution in [3.05, 3.63) is 44.9 Å². The molecule has 3 nitrogen and oxygen atoms in total. The first kappa shape index (κ1) is 14.1. The van der Waals surface area contributed by atoms with E-state index in [1.807, 2.05) is 12.1 Å². The van der Waals surface area contributed by atoms with Crippen LogP contribution in [0.1, 0.15) is 45.5 Å². The molecule has 1 aliphatic carbocycles. The van der Waals surface area contributed by atoms with Crippen LogP contribution >= 0.6 is 11.3 Å². The second-order valence-electron chi connectivity index (χ2n) is 5.64. The average molecular weight is 298 g/mol. The van der Waals surface area contributed by atoms with Gasteiger partial charge in [0.25, 0.3) is 0 Å². The number of ether oxygens (including phenoxy) is 1. The Bertz CT molecular complexity index is 675. The standard InChI is InChI=1S/C17H18N2OS/c1-11-7-12(2)9-14(8-11)20-10-16-19-17(13-3-4-13)15(21-16)5-6-18/h7-9,13H,3-5,10H2,1-2H3. The van der Waals surface area contributed by atoms with Gasteiger partial charge >= 0.3 is 0 Å². The molecule has 0 radical (unpaired) electrons. The monoisotopic (exact) mass is 298 g/mol. The summed E-state index contributed by atoms with van der Waals surface area (Å²) in [6, 6.07) is 8.45. The topological polar surface area (TPSA) is 45.9 Å². The van der Waals surface area contributed by atoms with Crippen molar-refractivity contribution in [2.45, 2.75) is 45.6 Å². The summed E-state index contributed by atoms with van der Waals surface area (Å²) in [4.78, 5) is 5.82. The molecule has 0 atom stereocenters. The van der Waals surface area contributed by atoms with Crippen molar-refractivity contribution in [3.63, 3.8) is 0 Å². The third kappa shape index (κ3) is 3.43. The van der Waals surface area contributed by atoms with Crippen LogP contribution in [0, 0.1) is 25.2 Å². The van der Waals surface area contributed by atoms with Crippen LogP contribution in [0.5, 0.6) is 5.75 Å². The third-order valence-corrected chi connectivity index (χ3v) is 4.58. The number of aromatic nitrogens is 1. The molecule has 0 amide bonds. The predicted octanol–water partition coefficient (Wildman–Crippen LogP) is 4.28. The van der Waals surface area contributed by atoms with E-state index in [0.717, 1.165) is 21.3 Å². The van der Waals surface area contributed by atoms with E-state index in [1.54, 1.807) is 11.3 Å². The minimum Gasteiger partial charge on any atom is -0.486 e. The number of hydrogen-bond donors (Lipinski definition) is 0. The van der Waals surface area contributed by atoms with Gasteiger partial charge in [0, 0.05) is 10.8 Å². The summed E-state index contributed by atoms with van der Waals surface area (Å²) in [5.41, 5.74) is 3.54. The maximum Gasteiger partial charge on any atom is 0.140 e. The zero-order valence-corrected chi connectivity index (χ0v) is 13.2. The normalized spacial score (nSPS) is 14.0. The van der Waals surface area contributed by atoms with Crippen LogP contribution in [0.25, 0.3) is 0 Å². The molecule has 2 aromatic rings. The van der Waals surface area contributed by atoms with E-state index in [9.17, 15) is 0 Å². The highest BCUT2D eigenvalue weighted by Gasteiger charge is 2.29. The van der Waals surface area contributed by atoms with Gasteiger partial charge in [0.2, 0.25) is 0 Å². The highest BCUT2D eigenvalue weighted by atomic mass is 32.1. The molecule has 4 heteroatoms. The lowest BCUT2D eigenvalue weighted by atomic mass is 10.1. The summed E-state index contributed by atoms with van der Waals surface area (Å²) in [6.07, 6.45) is 2.88. The molecule has 1 saturated carbocycles. The smallest absolute Gasteiger partial charge is 0.140 e. The fourth-order valence-electron chi connectivity index (χ4n) is 2.51. The van der Waals surface area contributed by atoms with E-state index >= 15 is 0 Å². The van der Waals surface area contributed by atoms with Crippen LogP contribution in [-0.2, 0) is 13.0 Å². The van der Waals surface area contributed by atoms with Gasteiger partial charge in [0.15, 0.2) is 0 Å². The Balaban J connectivity index is 1.73. The second kappa shape index (κ2) is 5.87. The van der Waals surface area contributed by atoms with Gasteiger partial charge in [-0.25, -0.2) is 4.98 Å². The SMILES string of the molecule is Cc1cc(C)cc(OCc2nc(C3CC3)c(CC#N)s2)c1. The lowest BCUT2D eigenvalue weighted by molar-refractivity contribution is 0.305. The summed E-state index contributed by atoms with van der Waals surface area (Å²) in [7, 11) is 0. The molecule has 0 aliphatic heterocycles. The maximum absolute atomic E-state index is 8.92. The number of thiazole rings is 1. The van der Waals surface area contributed by atoms with Gasteiger partial charge < -0.3 is 4.74 Å². The minimum absolute atomic E-state index is 0.465. The van der Waals surface area contributed by atoms with Gasteiger partial charge in [0.1, 0.15) is 17.4 Å². The van der Waals surface area contributed by atoms with E-state index in [2.05, 4.69) is 26.0 Å². The molecule has 1 aromatic heterocycles. The second-order valence-corrected chi connectivity index (χ2v) is 6.81. The zero-order valence-electron chi connectivity index (χ0n) is 12.3. The van der Waals surface area contributed by atoms with E-state index in [-0.39, 0.29) is 0 Å². The van der Waals surface area contributed by atoms with Crippen LogP contribution < -0.4 is 4.74 Å². The Kier molecular flexibility index (Phi) is 3.94. The van der Waals surface area contributed by atoms with Crippen molar-refractivity contribution in [3.8, 4) is 11.8 Å². The number of aryl methyl sites for hydroxylation is 2. The Morgan fingerprint density at radius 1 is 1.29 bits per heavy atom. The minimum atomic E-state index is 0.465. The summed E-state index contributed by atoms with van der Waals surface area (Å²) >= 11 is 1.62. The van der Waals surface area contributed by atoms with Crippen LogP contribution in [-0.4, -0.2) is 4.98 Å². The lowest BCUT2D eigenvalue weighted by Crippen LogP contribution is -1.96. The van der Waals surface area contributed by atoms with Gasteiger partial charge in [-0.1, -0.05) is 6.07 Å². The fourth-order valence-corrected chi connectivity index (χ4v) is 3.51. The summed E-state index contributed by atoms with van der Waals surface area (Å²) < 4.78 is 5.87. The number of nitrogens with zero attached hydrogens (tertiary/aromatic N) is 2. The Morgan fingerprint density at radius 3 is 2.62 bits per heavy atom. The van der Waals surface area contributed by atoms with Crippen molar-refractivity contribution in [2.75, 3.05) is 0 Å². The number of rotatable bonds is 5. The van der Waals surface area contributed by atoms with E-state index in [1.165, 1.54) is 24.0 Å². The van der Waals surface area contributed by atoms with Crippen molar-refractivity contribution < 1.29 is 4.74 Å². The molecule has 0 N–H and O–H groups in total. The molecule has 1 aromatic carbocycles. The fraction of sp³-hybridized carbons (Fsp3) is 0.412. The lowest BCUT2D eigenvalue weighted by Gasteiger charge is -2.06. The van der Waals surface area contributed by atoms with Crippen LogP contribution in [0.15, 0.2) is 18.2 Å². The molecular weight excluding hydrogens is 280 g/mol. The van der Waals surface area contributed by atoms with Gasteiger partial charge in [0.05, 0.1) is 18.2 Å². The highest BCUT2D eigenvalue weighted by molar-refractivity contribution is 7.11. The van der Waals surface area contributed by atoms with Crippen molar-refractivity contribution in [1.82, 2.24) is 4.98 Å². The number of hydrogen-bond acceptors (Lipinski definition) is 4. The average Bonchev–Trinajstić information content (AvgIpc) is 3.18. The van der Waals surface area contributed by atoms with E-state index < -0.39 is 0 Å². The van der Waals surface area contributed by atoms with Crippen LogP contribution in [0.4, 0.5) is 0 Å². The van der Waals surface area contributed by atoms with Crippen molar-refractivity contribution >= 4 is 11.3 Å². The first-order valence-electron chi connectivity index (χ1n) is 7.22. The molecule has 0 unspecified atom stereocenters. The first-order chi connectivity index (χ1) is 10.2. The maximum atomic E-state index is 8.92. The summed E-state index contributed by atoms with van der Waals surface area (Å²) in [5, 5.41) is 9.90. The Morgan fingerprint density at radius 2 is 2.00 bits per heavy atom. The summed E-state index contributed by atoms with van der Waals surface area (Å²) in [5.74, 6) is 1.47.